The minimum Gasteiger partial charge on any atom is -0.349 e. The quantitative estimate of drug-likeness (QED) is 0.745. The van der Waals surface area contributed by atoms with Crippen LogP contribution >= 0.6 is 0 Å². The molecule has 22 heavy (non-hydrogen) atoms. The van der Waals surface area contributed by atoms with Gasteiger partial charge in [-0.1, -0.05) is 13.8 Å². The minimum atomic E-state index is -3.64. The third kappa shape index (κ3) is 5.13. The molecule has 1 aromatic rings. The molecule has 120 valence electrons. The average molecular weight is 323 g/mol. The molecular formula is C15H21N3O3S. The summed E-state index contributed by atoms with van der Waals surface area (Å²) in [5.74, 6) is 0.0792. The number of carbonyl (C=O) groups is 1. The SMILES string of the molecule is CC(C)C(C)NC(=O)c1ccc(S(=O)(=O)NCCC#N)cc1. The Morgan fingerprint density at radius 2 is 1.82 bits per heavy atom. The molecule has 1 unspecified atom stereocenters. The summed E-state index contributed by atoms with van der Waals surface area (Å²) < 4.78 is 26.2. The van der Waals surface area contributed by atoms with Crippen molar-refractivity contribution in [2.45, 2.75) is 38.1 Å². The van der Waals surface area contributed by atoms with Gasteiger partial charge < -0.3 is 5.32 Å². The highest BCUT2D eigenvalue weighted by molar-refractivity contribution is 7.89. The molecule has 1 atom stereocenters. The number of benzene rings is 1. The van der Waals surface area contributed by atoms with Gasteiger partial charge in [0.1, 0.15) is 0 Å². The fraction of sp³-hybridized carbons (Fsp3) is 0.467. The van der Waals surface area contributed by atoms with Crippen LogP contribution in [0.1, 0.15) is 37.6 Å². The first-order chi connectivity index (χ1) is 10.3. The van der Waals surface area contributed by atoms with Gasteiger partial charge in [-0.25, -0.2) is 13.1 Å². The first-order valence-electron chi connectivity index (χ1n) is 7.05. The standard InChI is InChI=1S/C15H21N3O3S/c1-11(2)12(3)18-15(19)13-5-7-14(8-6-13)22(20,21)17-10-4-9-16/h5-8,11-12,17H,4,10H2,1-3H3,(H,18,19). The number of hydrogen-bond donors (Lipinski definition) is 2. The lowest BCUT2D eigenvalue weighted by Crippen LogP contribution is -2.36. The number of amides is 1. The average Bonchev–Trinajstić information content (AvgIpc) is 2.47. The van der Waals surface area contributed by atoms with Gasteiger partial charge in [-0.2, -0.15) is 5.26 Å². The molecule has 1 amide bonds. The van der Waals surface area contributed by atoms with E-state index in [1.807, 2.05) is 26.8 Å². The van der Waals surface area contributed by atoms with E-state index in [1.54, 1.807) is 0 Å². The largest absolute Gasteiger partial charge is 0.349 e. The molecule has 0 bridgehead atoms. The van der Waals surface area contributed by atoms with E-state index in [0.29, 0.717) is 11.5 Å². The van der Waals surface area contributed by atoms with E-state index in [9.17, 15) is 13.2 Å². The summed E-state index contributed by atoms with van der Waals surface area (Å²) in [4.78, 5) is 12.1. The van der Waals surface area contributed by atoms with Crippen molar-refractivity contribution < 1.29 is 13.2 Å². The number of carbonyl (C=O) groups excluding carboxylic acids is 1. The molecule has 0 radical (unpaired) electrons. The number of nitriles is 1. The molecule has 0 fully saturated rings. The van der Waals surface area contributed by atoms with E-state index >= 15 is 0 Å². The second-order valence-electron chi connectivity index (χ2n) is 5.34. The van der Waals surface area contributed by atoms with Crippen LogP contribution < -0.4 is 10.0 Å². The molecule has 0 saturated carbocycles. The Morgan fingerprint density at radius 3 is 2.32 bits per heavy atom. The van der Waals surface area contributed by atoms with Crippen molar-refractivity contribution in [2.75, 3.05) is 6.54 Å². The van der Waals surface area contributed by atoms with Gasteiger partial charge in [-0.05, 0) is 37.1 Å². The summed E-state index contributed by atoms with van der Waals surface area (Å²) in [5, 5.41) is 11.3. The lowest BCUT2D eigenvalue weighted by Gasteiger charge is -2.17. The molecule has 1 aromatic carbocycles. The maximum atomic E-state index is 12.0. The second-order valence-corrected chi connectivity index (χ2v) is 7.10. The van der Waals surface area contributed by atoms with E-state index in [4.69, 9.17) is 5.26 Å². The highest BCUT2D eigenvalue weighted by atomic mass is 32.2. The van der Waals surface area contributed by atoms with Gasteiger partial charge in [0.2, 0.25) is 10.0 Å². The summed E-state index contributed by atoms with van der Waals surface area (Å²) in [5.41, 5.74) is 0.406. The number of rotatable bonds is 7. The zero-order valence-corrected chi connectivity index (χ0v) is 13.8. The first-order valence-corrected chi connectivity index (χ1v) is 8.54. The molecule has 0 aliphatic carbocycles. The monoisotopic (exact) mass is 323 g/mol. The minimum absolute atomic E-state index is 0.0311. The fourth-order valence-corrected chi connectivity index (χ4v) is 2.60. The molecule has 6 nitrogen and oxygen atoms in total. The van der Waals surface area contributed by atoms with Crippen LogP contribution in [0.5, 0.6) is 0 Å². The van der Waals surface area contributed by atoms with Crippen LogP contribution in [-0.4, -0.2) is 26.9 Å². The Labute approximate surface area is 131 Å². The van der Waals surface area contributed by atoms with E-state index < -0.39 is 10.0 Å². The number of nitrogens with zero attached hydrogens (tertiary/aromatic N) is 1. The summed E-state index contributed by atoms with van der Waals surface area (Å²) in [7, 11) is -3.64. The fourth-order valence-electron chi connectivity index (χ4n) is 1.57. The Bertz CT molecular complexity index is 646. The van der Waals surface area contributed by atoms with Gasteiger partial charge in [-0.15, -0.1) is 0 Å². The van der Waals surface area contributed by atoms with Crippen molar-refractivity contribution >= 4 is 15.9 Å². The summed E-state index contributed by atoms with van der Waals surface area (Å²) in [6.07, 6.45) is 0.104. The molecule has 0 heterocycles. The Hall–Kier alpha value is -1.91. The van der Waals surface area contributed by atoms with Gasteiger partial charge in [0.05, 0.1) is 11.0 Å². The number of nitrogens with one attached hydrogen (secondary N) is 2. The topological polar surface area (TPSA) is 99.1 Å². The molecule has 0 saturated heterocycles. The van der Waals surface area contributed by atoms with E-state index in [-0.39, 0.29) is 29.8 Å². The van der Waals surface area contributed by atoms with Gasteiger partial charge in [0.15, 0.2) is 0 Å². The molecule has 0 aliphatic rings. The summed E-state index contributed by atoms with van der Waals surface area (Å²) in [6, 6.07) is 7.60. The van der Waals surface area contributed by atoms with Crippen LogP contribution in [-0.2, 0) is 10.0 Å². The molecule has 0 aromatic heterocycles. The maximum absolute atomic E-state index is 12.0. The van der Waals surface area contributed by atoms with Crippen molar-refractivity contribution in [3.8, 4) is 6.07 Å². The van der Waals surface area contributed by atoms with Crippen LogP contribution in [0.4, 0.5) is 0 Å². The van der Waals surface area contributed by atoms with Crippen molar-refractivity contribution in [1.82, 2.24) is 10.0 Å². The molecular weight excluding hydrogens is 302 g/mol. The van der Waals surface area contributed by atoms with E-state index in [1.165, 1.54) is 24.3 Å². The van der Waals surface area contributed by atoms with Crippen LogP contribution in [0.25, 0.3) is 0 Å². The molecule has 2 N–H and O–H groups in total. The Kier molecular flexibility index (Phi) is 6.53. The van der Waals surface area contributed by atoms with Gasteiger partial charge in [0, 0.05) is 24.6 Å². The lowest BCUT2D eigenvalue weighted by molar-refractivity contribution is 0.0930. The maximum Gasteiger partial charge on any atom is 0.251 e. The third-order valence-electron chi connectivity index (χ3n) is 3.31. The van der Waals surface area contributed by atoms with E-state index in [2.05, 4.69) is 10.0 Å². The van der Waals surface area contributed by atoms with Crippen molar-refractivity contribution in [1.29, 1.82) is 5.26 Å². The first kappa shape index (κ1) is 18.1. The van der Waals surface area contributed by atoms with Crippen LogP contribution in [0, 0.1) is 17.2 Å². The van der Waals surface area contributed by atoms with Gasteiger partial charge in [0.25, 0.3) is 5.91 Å². The molecule has 1 rings (SSSR count). The van der Waals surface area contributed by atoms with Gasteiger partial charge >= 0.3 is 0 Å². The zero-order chi connectivity index (χ0) is 16.8. The summed E-state index contributed by atoms with van der Waals surface area (Å²) in [6.45, 7) is 5.99. The Balaban J connectivity index is 2.78. The lowest BCUT2D eigenvalue weighted by atomic mass is 10.1. The van der Waals surface area contributed by atoms with Crippen LogP contribution in [0.15, 0.2) is 29.2 Å². The third-order valence-corrected chi connectivity index (χ3v) is 4.79. The van der Waals surface area contributed by atoms with Crippen LogP contribution in [0.2, 0.25) is 0 Å². The number of hydrogen-bond acceptors (Lipinski definition) is 4. The predicted molar refractivity (Wildman–Crippen MR) is 83.6 cm³/mol. The number of sulfonamides is 1. The summed E-state index contributed by atoms with van der Waals surface area (Å²) >= 11 is 0. The highest BCUT2D eigenvalue weighted by Crippen LogP contribution is 2.11. The van der Waals surface area contributed by atoms with E-state index in [0.717, 1.165) is 0 Å². The normalized spacial score (nSPS) is 12.7. The Morgan fingerprint density at radius 1 is 1.23 bits per heavy atom. The van der Waals surface area contributed by atoms with Crippen LogP contribution in [0.3, 0.4) is 0 Å². The zero-order valence-electron chi connectivity index (χ0n) is 13.0. The molecule has 0 aliphatic heterocycles. The van der Waals surface area contributed by atoms with Crippen molar-refractivity contribution in [3.63, 3.8) is 0 Å². The second kappa shape index (κ2) is 7.92. The van der Waals surface area contributed by atoms with Crippen molar-refractivity contribution in [3.05, 3.63) is 29.8 Å². The molecule has 0 spiro atoms. The predicted octanol–water partition coefficient (Wildman–Crippen LogP) is 1.65. The highest BCUT2D eigenvalue weighted by Gasteiger charge is 2.16. The smallest absolute Gasteiger partial charge is 0.251 e. The van der Waals surface area contributed by atoms with Crippen molar-refractivity contribution in [2.24, 2.45) is 5.92 Å². The molecule has 7 heteroatoms. The van der Waals surface area contributed by atoms with Gasteiger partial charge in [-0.3, -0.25) is 4.79 Å².